The van der Waals surface area contributed by atoms with Crippen molar-refractivity contribution in [1.29, 1.82) is 0 Å². The maximum Gasteiger partial charge on any atom is 0.322 e. The summed E-state index contributed by atoms with van der Waals surface area (Å²) in [6, 6.07) is 0.169. The third-order valence-corrected chi connectivity index (χ3v) is 4.12. The summed E-state index contributed by atoms with van der Waals surface area (Å²) in [6.07, 6.45) is 4.89. The van der Waals surface area contributed by atoms with E-state index in [1.54, 1.807) is 0 Å². The number of methoxy groups -OCH3 is 1. The monoisotopic (exact) mass is 296 g/mol. The first kappa shape index (κ1) is 15.7. The highest BCUT2D eigenvalue weighted by Gasteiger charge is 2.32. The first-order valence-electron chi connectivity index (χ1n) is 7.31. The molecule has 0 amide bonds. The summed E-state index contributed by atoms with van der Waals surface area (Å²) in [5, 5.41) is 13.6. The van der Waals surface area contributed by atoms with Crippen LogP contribution < -0.4 is 21.3 Å². The molecule has 1 aliphatic carbocycles. The van der Waals surface area contributed by atoms with Crippen LogP contribution in [0.2, 0.25) is 0 Å². The van der Waals surface area contributed by atoms with Crippen LogP contribution in [0, 0.1) is 5.92 Å². The summed E-state index contributed by atoms with van der Waals surface area (Å²) in [6.45, 7) is 2.60. The molecule has 1 aliphatic rings. The number of nitrogens with zero attached hydrogens (tertiary/aromatic N) is 3. The second-order valence-corrected chi connectivity index (χ2v) is 5.54. The Morgan fingerprint density at radius 2 is 1.95 bits per heavy atom. The van der Waals surface area contributed by atoms with E-state index >= 15 is 0 Å². The smallest absolute Gasteiger partial charge is 0.322 e. The van der Waals surface area contributed by atoms with E-state index in [0.717, 1.165) is 31.6 Å². The van der Waals surface area contributed by atoms with E-state index in [9.17, 15) is 5.11 Å². The lowest BCUT2D eigenvalue weighted by atomic mass is 9.78. The molecule has 0 atom stereocenters. The van der Waals surface area contributed by atoms with Gasteiger partial charge in [-0.2, -0.15) is 15.0 Å². The van der Waals surface area contributed by atoms with Crippen molar-refractivity contribution in [2.24, 2.45) is 11.8 Å². The first-order chi connectivity index (χ1) is 10.1. The van der Waals surface area contributed by atoms with Crippen molar-refractivity contribution in [2.75, 3.05) is 24.4 Å². The van der Waals surface area contributed by atoms with Gasteiger partial charge in [0.1, 0.15) is 0 Å². The van der Waals surface area contributed by atoms with Crippen LogP contribution in [0.4, 0.5) is 11.9 Å². The van der Waals surface area contributed by atoms with E-state index in [0.29, 0.717) is 12.5 Å². The molecule has 8 heteroatoms. The summed E-state index contributed by atoms with van der Waals surface area (Å²) >= 11 is 0. The van der Waals surface area contributed by atoms with Crippen LogP contribution in [0.3, 0.4) is 0 Å². The Kier molecular flexibility index (Phi) is 5.13. The van der Waals surface area contributed by atoms with Crippen LogP contribution in [0.15, 0.2) is 0 Å². The number of nitrogens with two attached hydrogens (primary N) is 1. The van der Waals surface area contributed by atoms with Crippen LogP contribution in [-0.2, 0) is 0 Å². The van der Waals surface area contributed by atoms with E-state index in [1.165, 1.54) is 13.5 Å². The minimum absolute atomic E-state index is 0.169. The van der Waals surface area contributed by atoms with Crippen molar-refractivity contribution in [1.82, 2.24) is 15.0 Å². The molecule has 0 bridgehead atoms. The summed E-state index contributed by atoms with van der Waals surface area (Å²) in [5.41, 5.74) is 1.65. The van der Waals surface area contributed by atoms with Gasteiger partial charge in [0.05, 0.1) is 12.7 Å². The largest absolute Gasteiger partial charge is 0.467 e. The Morgan fingerprint density at radius 1 is 1.29 bits per heavy atom. The summed E-state index contributed by atoms with van der Waals surface area (Å²) < 4.78 is 4.98. The molecule has 0 aromatic carbocycles. The van der Waals surface area contributed by atoms with Crippen LogP contribution in [0.1, 0.15) is 39.0 Å². The van der Waals surface area contributed by atoms with E-state index in [1.807, 2.05) is 0 Å². The van der Waals surface area contributed by atoms with Crippen LogP contribution in [0.25, 0.3) is 0 Å². The molecule has 1 aromatic rings. The Bertz CT molecular complexity index is 440. The number of rotatable bonds is 6. The Labute approximate surface area is 124 Å². The SMILES string of the molecule is CCC1CCC(O)(CNc2nc(NN)nc(OC)n2)CC1. The average molecular weight is 296 g/mol. The van der Waals surface area contributed by atoms with Crippen LogP contribution in [0.5, 0.6) is 6.01 Å². The molecule has 0 radical (unpaired) electrons. The first-order valence-corrected chi connectivity index (χ1v) is 7.31. The average Bonchev–Trinajstić information content (AvgIpc) is 2.53. The molecule has 0 unspecified atom stereocenters. The van der Waals surface area contributed by atoms with E-state index in [4.69, 9.17) is 10.6 Å². The van der Waals surface area contributed by atoms with Gasteiger partial charge in [-0.1, -0.05) is 13.3 Å². The number of nitrogen functional groups attached to an aromatic ring is 1. The van der Waals surface area contributed by atoms with Gasteiger partial charge in [0.15, 0.2) is 0 Å². The Morgan fingerprint density at radius 3 is 2.52 bits per heavy atom. The van der Waals surface area contributed by atoms with Gasteiger partial charge in [0.25, 0.3) is 0 Å². The highest BCUT2D eigenvalue weighted by Crippen LogP contribution is 2.33. The maximum atomic E-state index is 10.6. The van der Waals surface area contributed by atoms with Gasteiger partial charge in [-0.15, -0.1) is 0 Å². The Hall–Kier alpha value is -1.67. The van der Waals surface area contributed by atoms with E-state index < -0.39 is 5.60 Å². The van der Waals surface area contributed by atoms with Gasteiger partial charge < -0.3 is 15.2 Å². The van der Waals surface area contributed by atoms with Crippen molar-refractivity contribution < 1.29 is 9.84 Å². The second kappa shape index (κ2) is 6.86. The van der Waals surface area contributed by atoms with Gasteiger partial charge in [-0.25, -0.2) is 5.84 Å². The molecule has 1 fully saturated rings. The molecule has 1 aromatic heterocycles. The van der Waals surface area contributed by atoms with Gasteiger partial charge in [0.2, 0.25) is 11.9 Å². The number of hydrogen-bond donors (Lipinski definition) is 4. The molecule has 5 N–H and O–H groups in total. The van der Waals surface area contributed by atoms with Crippen molar-refractivity contribution in [3.63, 3.8) is 0 Å². The summed E-state index contributed by atoms with van der Waals surface area (Å²) in [7, 11) is 1.47. The van der Waals surface area contributed by atoms with Gasteiger partial charge in [-0.05, 0) is 31.6 Å². The predicted molar refractivity (Wildman–Crippen MR) is 79.9 cm³/mol. The van der Waals surface area contributed by atoms with Crippen molar-refractivity contribution in [3.8, 4) is 6.01 Å². The molecule has 118 valence electrons. The number of ether oxygens (including phenoxy) is 1. The number of hydrogen-bond acceptors (Lipinski definition) is 8. The van der Waals surface area contributed by atoms with Crippen molar-refractivity contribution >= 4 is 11.9 Å². The van der Waals surface area contributed by atoms with E-state index in [2.05, 4.69) is 32.6 Å². The van der Waals surface area contributed by atoms with Gasteiger partial charge in [0, 0.05) is 6.54 Å². The molecule has 8 nitrogen and oxygen atoms in total. The lowest BCUT2D eigenvalue weighted by Crippen LogP contribution is -2.40. The third kappa shape index (κ3) is 4.15. The molecule has 0 spiro atoms. The van der Waals surface area contributed by atoms with Crippen LogP contribution in [-0.4, -0.2) is 39.3 Å². The zero-order valence-electron chi connectivity index (χ0n) is 12.6. The predicted octanol–water partition coefficient (Wildman–Crippen LogP) is 0.909. The molecular weight excluding hydrogens is 272 g/mol. The number of anilines is 2. The van der Waals surface area contributed by atoms with Crippen LogP contribution >= 0.6 is 0 Å². The fourth-order valence-corrected chi connectivity index (χ4v) is 2.63. The highest BCUT2D eigenvalue weighted by molar-refractivity contribution is 5.35. The topological polar surface area (TPSA) is 118 Å². The Balaban J connectivity index is 1.96. The number of aliphatic hydroxyl groups is 1. The quantitative estimate of drug-likeness (QED) is 0.452. The molecule has 1 heterocycles. The second-order valence-electron chi connectivity index (χ2n) is 5.54. The zero-order valence-corrected chi connectivity index (χ0v) is 12.6. The molecule has 21 heavy (non-hydrogen) atoms. The third-order valence-electron chi connectivity index (χ3n) is 4.12. The molecule has 0 aliphatic heterocycles. The number of hydrazine groups is 1. The number of nitrogens with one attached hydrogen (secondary N) is 2. The summed E-state index contributed by atoms with van der Waals surface area (Å²) in [5.74, 6) is 6.58. The normalized spacial score (nSPS) is 25.4. The van der Waals surface area contributed by atoms with Gasteiger partial charge >= 0.3 is 6.01 Å². The van der Waals surface area contributed by atoms with Gasteiger partial charge in [-0.3, -0.25) is 5.43 Å². The lowest BCUT2D eigenvalue weighted by molar-refractivity contribution is 0.00215. The molecule has 0 saturated heterocycles. The molecular formula is C13H24N6O2. The summed E-state index contributed by atoms with van der Waals surface area (Å²) in [4.78, 5) is 12.1. The lowest BCUT2D eigenvalue weighted by Gasteiger charge is -2.35. The molecule has 1 saturated carbocycles. The zero-order chi connectivity index (χ0) is 15.3. The van der Waals surface area contributed by atoms with Crippen molar-refractivity contribution in [3.05, 3.63) is 0 Å². The minimum Gasteiger partial charge on any atom is -0.467 e. The fourth-order valence-electron chi connectivity index (χ4n) is 2.63. The fraction of sp³-hybridized carbons (Fsp3) is 0.769. The van der Waals surface area contributed by atoms with E-state index in [-0.39, 0.29) is 12.0 Å². The minimum atomic E-state index is -0.707. The molecule has 2 rings (SSSR count). The highest BCUT2D eigenvalue weighted by atomic mass is 16.5. The number of aromatic nitrogens is 3. The standard InChI is InChI=1S/C13H24N6O2/c1-3-9-4-6-13(20,7-5-9)8-15-10-16-11(19-14)18-12(17-10)21-2/h9,20H,3-8,14H2,1-2H3,(H2,15,16,17,18,19). The maximum absolute atomic E-state index is 10.6. The van der Waals surface area contributed by atoms with Crippen molar-refractivity contribution in [2.45, 2.75) is 44.6 Å².